The van der Waals surface area contributed by atoms with E-state index < -0.39 is 0 Å². The van der Waals surface area contributed by atoms with Gasteiger partial charge in [0.15, 0.2) is 0 Å². The van der Waals surface area contributed by atoms with Crippen molar-refractivity contribution in [3.05, 3.63) is 0 Å². The molecule has 0 bridgehead atoms. The Bertz CT molecular complexity index is 126. The Morgan fingerprint density at radius 2 is 2.33 bits per heavy atom. The number of piperidine rings is 1. The fraction of sp³-hybridized carbons (Fsp3) is 1.00. The molecule has 72 valence electrons. The molecule has 1 aliphatic heterocycles. The Kier molecular flexibility index (Phi) is 3.98. The summed E-state index contributed by atoms with van der Waals surface area (Å²) in [6.45, 7) is 2.38. The van der Waals surface area contributed by atoms with E-state index in [1.165, 1.54) is 19.4 Å². The second-order valence-electron chi connectivity index (χ2n) is 3.61. The lowest BCUT2D eigenvalue weighted by Crippen LogP contribution is -2.44. The Morgan fingerprint density at radius 3 is 2.83 bits per heavy atom. The van der Waals surface area contributed by atoms with Gasteiger partial charge in [-0.2, -0.15) is 0 Å². The number of hydrogen-bond donors (Lipinski definition) is 1. The van der Waals surface area contributed by atoms with Crippen molar-refractivity contribution >= 4 is 0 Å². The third-order valence-electron chi connectivity index (χ3n) is 2.63. The van der Waals surface area contributed by atoms with Gasteiger partial charge in [-0.25, -0.2) is 0 Å². The van der Waals surface area contributed by atoms with Crippen LogP contribution in [0.25, 0.3) is 0 Å². The molecular weight excluding hydrogens is 152 g/mol. The van der Waals surface area contributed by atoms with E-state index in [4.69, 9.17) is 4.74 Å². The normalized spacial score (nSPS) is 28.8. The minimum absolute atomic E-state index is 0.229. The molecule has 0 radical (unpaired) electrons. The number of methoxy groups -OCH3 is 1. The molecule has 1 fully saturated rings. The zero-order valence-corrected chi connectivity index (χ0v) is 8.34. The van der Waals surface area contributed by atoms with Gasteiger partial charge in [-0.05, 0) is 33.5 Å². The van der Waals surface area contributed by atoms with Crippen LogP contribution in [0, 0.1) is 5.92 Å². The van der Waals surface area contributed by atoms with Gasteiger partial charge < -0.3 is 9.64 Å². The van der Waals surface area contributed by atoms with Crippen molar-refractivity contribution in [1.82, 2.24) is 10.2 Å². The molecule has 3 heteroatoms. The lowest BCUT2D eigenvalue weighted by Gasteiger charge is -2.34. The number of ether oxygens (including phenoxy) is 1. The standard InChI is InChI=1S/C9H20N2O/c1-10-9(12-3)8-5-4-6-11(2)7-8/h8-10H,4-7H2,1-3H3. The average Bonchev–Trinajstić information content (AvgIpc) is 2.07. The molecule has 0 saturated carbocycles. The van der Waals surface area contributed by atoms with E-state index in [-0.39, 0.29) is 6.23 Å². The van der Waals surface area contributed by atoms with Gasteiger partial charge >= 0.3 is 0 Å². The Labute approximate surface area is 75.1 Å². The minimum atomic E-state index is 0.229. The summed E-state index contributed by atoms with van der Waals surface area (Å²) >= 11 is 0. The van der Waals surface area contributed by atoms with Crippen molar-refractivity contribution in [2.24, 2.45) is 5.92 Å². The van der Waals surface area contributed by atoms with Gasteiger partial charge in [-0.1, -0.05) is 0 Å². The van der Waals surface area contributed by atoms with Crippen LogP contribution in [0.4, 0.5) is 0 Å². The maximum absolute atomic E-state index is 5.35. The molecule has 1 rings (SSSR count). The molecule has 1 heterocycles. The third kappa shape index (κ3) is 2.44. The molecule has 0 amide bonds. The molecule has 2 unspecified atom stereocenters. The summed E-state index contributed by atoms with van der Waals surface area (Å²) in [4.78, 5) is 2.37. The molecule has 2 atom stereocenters. The summed E-state index contributed by atoms with van der Waals surface area (Å²) in [6, 6.07) is 0. The average molecular weight is 172 g/mol. The fourth-order valence-electron chi connectivity index (χ4n) is 2.00. The number of hydrogen-bond acceptors (Lipinski definition) is 3. The molecule has 1 N–H and O–H groups in total. The van der Waals surface area contributed by atoms with Crippen LogP contribution >= 0.6 is 0 Å². The molecular formula is C9H20N2O. The van der Waals surface area contributed by atoms with Crippen LogP contribution in [0.3, 0.4) is 0 Å². The summed E-state index contributed by atoms with van der Waals surface area (Å²) in [5.41, 5.74) is 0. The molecule has 3 nitrogen and oxygen atoms in total. The molecule has 0 spiro atoms. The second-order valence-corrected chi connectivity index (χ2v) is 3.61. The molecule has 0 aromatic carbocycles. The van der Waals surface area contributed by atoms with Gasteiger partial charge in [-0.15, -0.1) is 0 Å². The Morgan fingerprint density at radius 1 is 1.58 bits per heavy atom. The summed E-state index contributed by atoms with van der Waals surface area (Å²) in [6.07, 6.45) is 2.81. The summed E-state index contributed by atoms with van der Waals surface area (Å²) in [5.74, 6) is 0.652. The zero-order valence-electron chi connectivity index (χ0n) is 8.34. The first-order chi connectivity index (χ1) is 5.77. The van der Waals surface area contributed by atoms with E-state index >= 15 is 0 Å². The fourth-order valence-corrected chi connectivity index (χ4v) is 2.00. The van der Waals surface area contributed by atoms with Gasteiger partial charge in [0.05, 0.1) is 0 Å². The maximum Gasteiger partial charge on any atom is 0.111 e. The van der Waals surface area contributed by atoms with E-state index in [0.717, 1.165) is 6.54 Å². The first kappa shape index (κ1) is 9.96. The van der Waals surface area contributed by atoms with E-state index in [1.54, 1.807) is 7.11 Å². The Balaban J connectivity index is 2.38. The highest BCUT2D eigenvalue weighted by molar-refractivity contribution is 4.75. The van der Waals surface area contributed by atoms with Crippen molar-refractivity contribution < 1.29 is 4.74 Å². The predicted octanol–water partition coefficient (Wildman–Crippen LogP) is 0.520. The SMILES string of the molecule is CNC(OC)C1CCCN(C)C1. The van der Waals surface area contributed by atoms with Crippen molar-refractivity contribution in [2.75, 3.05) is 34.3 Å². The number of rotatable bonds is 3. The van der Waals surface area contributed by atoms with Crippen molar-refractivity contribution in [3.63, 3.8) is 0 Å². The third-order valence-corrected chi connectivity index (χ3v) is 2.63. The first-order valence-corrected chi connectivity index (χ1v) is 4.66. The highest BCUT2D eigenvalue weighted by Crippen LogP contribution is 2.18. The summed E-state index contributed by atoms with van der Waals surface area (Å²) < 4.78 is 5.35. The topological polar surface area (TPSA) is 24.5 Å². The minimum Gasteiger partial charge on any atom is -0.366 e. The highest BCUT2D eigenvalue weighted by atomic mass is 16.5. The predicted molar refractivity (Wildman–Crippen MR) is 50.1 cm³/mol. The highest BCUT2D eigenvalue weighted by Gasteiger charge is 2.24. The van der Waals surface area contributed by atoms with Crippen LogP contribution in [-0.2, 0) is 4.74 Å². The molecule has 1 aliphatic rings. The van der Waals surface area contributed by atoms with E-state index in [1.807, 2.05) is 7.05 Å². The lowest BCUT2D eigenvalue weighted by molar-refractivity contribution is 0.00362. The molecule has 0 aliphatic carbocycles. The molecule has 0 aromatic heterocycles. The zero-order chi connectivity index (χ0) is 8.97. The first-order valence-electron chi connectivity index (χ1n) is 4.66. The summed E-state index contributed by atoms with van der Waals surface area (Å²) in [7, 11) is 5.91. The molecule has 0 aromatic rings. The largest absolute Gasteiger partial charge is 0.366 e. The van der Waals surface area contributed by atoms with Crippen molar-refractivity contribution in [2.45, 2.75) is 19.1 Å². The van der Waals surface area contributed by atoms with Gasteiger partial charge in [0, 0.05) is 19.6 Å². The van der Waals surface area contributed by atoms with Crippen LogP contribution in [0.2, 0.25) is 0 Å². The van der Waals surface area contributed by atoms with E-state index in [0.29, 0.717) is 5.92 Å². The monoisotopic (exact) mass is 172 g/mol. The lowest BCUT2D eigenvalue weighted by atomic mass is 9.97. The van der Waals surface area contributed by atoms with Crippen LogP contribution in [0.5, 0.6) is 0 Å². The van der Waals surface area contributed by atoms with Gasteiger partial charge in [-0.3, -0.25) is 5.32 Å². The smallest absolute Gasteiger partial charge is 0.111 e. The van der Waals surface area contributed by atoms with Crippen molar-refractivity contribution in [1.29, 1.82) is 0 Å². The van der Waals surface area contributed by atoms with Gasteiger partial charge in [0.1, 0.15) is 6.23 Å². The Hall–Kier alpha value is -0.120. The van der Waals surface area contributed by atoms with E-state index in [2.05, 4.69) is 17.3 Å². The molecule has 1 saturated heterocycles. The van der Waals surface area contributed by atoms with Crippen LogP contribution in [-0.4, -0.2) is 45.4 Å². The summed E-state index contributed by atoms with van der Waals surface area (Å²) in [5, 5.41) is 3.19. The van der Waals surface area contributed by atoms with Gasteiger partial charge in [0.25, 0.3) is 0 Å². The molecule has 12 heavy (non-hydrogen) atoms. The number of likely N-dealkylation sites (tertiary alicyclic amines) is 1. The maximum atomic E-state index is 5.35. The number of nitrogens with one attached hydrogen (secondary N) is 1. The second kappa shape index (κ2) is 4.80. The van der Waals surface area contributed by atoms with Crippen molar-refractivity contribution in [3.8, 4) is 0 Å². The van der Waals surface area contributed by atoms with Crippen LogP contribution < -0.4 is 5.32 Å². The van der Waals surface area contributed by atoms with Crippen LogP contribution in [0.15, 0.2) is 0 Å². The number of nitrogens with zero attached hydrogens (tertiary/aromatic N) is 1. The van der Waals surface area contributed by atoms with Crippen LogP contribution in [0.1, 0.15) is 12.8 Å². The van der Waals surface area contributed by atoms with Gasteiger partial charge in [0.2, 0.25) is 0 Å². The quantitative estimate of drug-likeness (QED) is 0.628. The van der Waals surface area contributed by atoms with E-state index in [9.17, 15) is 0 Å².